The topological polar surface area (TPSA) is 112 Å². The summed E-state index contributed by atoms with van der Waals surface area (Å²) >= 11 is 2.18. The fourth-order valence-corrected chi connectivity index (χ4v) is 5.17. The molecule has 0 saturated heterocycles. The van der Waals surface area contributed by atoms with Crippen LogP contribution in [0.15, 0.2) is 67.1 Å². The molecule has 0 radical (unpaired) electrons. The van der Waals surface area contributed by atoms with Crippen molar-refractivity contribution in [3.63, 3.8) is 0 Å². The standard InChI is InChI=1S/C27H24IN7O2/c1-16-12-13-30-27(33-16)37-21-10-6-18(7-11-21)22-23-25(29)31-15-32-26(23)34(3)24(22)19-4-8-20(9-5-19)35(14-28)17(2)36/h4-13,15H,14H2,1-3H3,(H2,29,31,32). The maximum absolute atomic E-state index is 12.0. The molecule has 10 heteroatoms. The van der Waals surface area contributed by atoms with Crippen LogP contribution in [0.4, 0.5) is 11.5 Å². The summed E-state index contributed by atoms with van der Waals surface area (Å²) < 4.78 is 8.42. The van der Waals surface area contributed by atoms with Crippen molar-refractivity contribution in [2.75, 3.05) is 15.2 Å². The summed E-state index contributed by atoms with van der Waals surface area (Å²) in [7, 11) is 1.96. The molecule has 0 bridgehead atoms. The van der Waals surface area contributed by atoms with Crippen molar-refractivity contribution >= 4 is 51.0 Å². The van der Waals surface area contributed by atoms with Crippen molar-refractivity contribution in [2.45, 2.75) is 13.8 Å². The number of benzene rings is 2. The summed E-state index contributed by atoms with van der Waals surface area (Å²) in [5.74, 6) is 1.02. The van der Waals surface area contributed by atoms with Crippen molar-refractivity contribution in [3.05, 3.63) is 72.8 Å². The molecular weight excluding hydrogens is 581 g/mol. The van der Waals surface area contributed by atoms with Gasteiger partial charge in [-0.15, -0.1) is 0 Å². The molecule has 9 nitrogen and oxygen atoms in total. The van der Waals surface area contributed by atoms with Crippen LogP contribution in [-0.2, 0) is 11.8 Å². The molecule has 2 N–H and O–H groups in total. The molecule has 0 aliphatic carbocycles. The molecule has 0 saturated carbocycles. The number of amides is 1. The van der Waals surface area contributed by atoms with Crippen LogP contribution in [0, 0.1) is 6.92 Å². The fourth-order valence-electron chi connectivity index (χ4n) is 4.30. The first-order valence-electron chi connectivity index (χ1n) is 11.5. The quantitative estimate of drug-likeness (QED) is 0.154. The zero-order valence-electron chi connectivity index (χ0n) is 20.5. The molecular formula is C27H24IN7O2. The number of hydrogen-bond acceptors (Lipinski definition) is 7. The first-order valence-corrected chi connectivity index (χ1v) is 13.0. The minimum Gasteiger partial charge on any atom is -0.424 e. The maximum Gasteiger partial charge on any atom is 0.322 e. The molecule has 0 aliphatic heterocycles. The third kappa shape index (κ3) is 4.71. The van der Waals surface area contributed by atoms with E-state index >= 15 is 0 Å². The lowest BCUT2D eigenvalue weighted by Crippen LogP contribution is -2.26. The van der Waals surface area contributed by atoms with Crippen molar-refractivity contribution in [3.8, 4) is 34.1 Å². The van der Waals surface area contributed by atoms with Gasteiger partial charge in [0.15, 0.2) is 0 Å². The Hall–Kier alpha value is -4.06. The van der Waals surface area contributed by atoms with Crippen LogP contribution in [0.2, 0.25) is 0 Å². The van der Waals surface area contributed by atoms with Crippen LogP contribution in [-0.4, -0.2) is 35.0 Å². The third-order valence-corrected chi connectivity index (χ3v) is 6.76. The molecule has 0 fully saturated rings. The van der Waals surface area contributed by atoms with E-state index in [1.165, 1.54) is 6.33 Å². The number of nitrogens with two attached hydrogens (primary N) is 1. The Labute approximate surface area is 227 Å². The first kappa shape index (κ1) is 24.6. The average molecular weight is 605 g/mol. The van der Waals surface area contributed by atoms with Crippen LogP contribution in [0.5, 0.6) is 11.8 Å². The Balaban J connectivity index is 1.61. The maximum atomic E-state index is 12.0. The van der Waals surface area contributed by atoms with Gasteiger partial charge in [0.2, 0.25) is 5.91 Å². The number of aromatic nitrogens is 5. The van der Waals surface area contributed by atoms with E-state index in [0.29, 0.717) is 22.1 Å². The van der Waals surface area contributed by atoms with E-state index in [-0.39, 0.29) is 5.91 Å². The molecule has 0 unspecified atom stereocenters. The summed E-state index contributed by atoms with van der Waals surface area (Å²) in [6.45, 7) is 3.45. The lowest BCUT2D eigenvalue weighted by Gasteiger charge is -2.18. The predicted octanol–water partition coefficient (Wildman–Crippen LogP) is 5.52. The van der Waals surface area contributed by atoms with Crippen LogP contribution in [0.25, 0.3) is 33.4 Å². The first-order chi connectivity index (χ1) is 17.9. The number of fused-ring (bicyclic) bond motifs is 1. The Morgan fingerprint density at radius 3 is 2.38 bits per heavy atom. The lowest BCUT2D eigenvalue weighted by atomic mass is 9.98. The van der Waals surface area contributed by atoms with Gasteiger partial charge in [-0.2, -0.15) is 0 Å². The van der Waals surface area contributed by atoms with Crippen molar-refractivity contribution in [1.82, 2.24) is 24.5 Å². The average Bonchev–Trinajstić information content (AvgIpc) is 3.19. The highest BCUT2D eigenvalue weighted by atomic mass is 127. The molecule has 37 heavy (non-hydrogen) atoms. The number of nitrogen functional groups attached to an aromatic ring is 1. The highest BCUT2D eigenvalue weighted by Crippen LogP contribution is 2.42. The Morgan fingerprint density at radius 1 is 1.03 bits per heavy atom. The van der Waals surface area contributed by atoms with Crippen molar-refractivity contribution in [2.24, 2.45) is 7.05 Å². The van der Waals surface area contributed by atoms with Gasteiger partial charge in [0.25, 0.3) is 0 Å². The number of halogens is 1. The van der Waals surface area contributed by atoms with Crippen LogP contribution < -0.4 is 15.4 Å². The van der Waals surface area contributed by atoms with Crippen molar-refractivity contribution < 1.29 is 9.53 Å². The molecule has 3 aromatic heterocycles. The number of rotatable bonds is 6. The number of aryl methyl sites for hydroxylation is 2. The summed E-state index contributed by atoms with van der Waals surface area (Å²) in [6, 6.07) is 17.7. The smallest absolute Gasteiger partial charge is 0.322 e. The van der Waals surface area contributed by atoms with E-state index < -0.39 is 0 Å². The predicted molar refractivity (Wildman–Crippen MR) is 153 cm³/mol. The summed E-state index contributed by atoms with van der Waals surface area (Å²) in [5, 5.41) is 0.775. The Bertz CT molecular complexity index is 1600. The molecule has 0 aliphatic rings. The van der Waals surface area contributed by atoms with E-state index in [4.69, 9.17) is 10.5 Å². The number of carbonyl (C=O) groups excluding carboxylic acids is 1. The minimum absolute atomic E-state index is 0.00568. The second-order valence-electron chi connectivity index (χ2n) is 8.46. The lowest BCUT2D eigenvalue weighted by molar-refractivity contribution is -0.116. The van der Waals surface area contributed by atoms with E-state index in [0.717, 1.165) is 44.8 Å². The second kappa shape index (κ2) is 10.1. The van der Waals surface area contributed by atoms with Gasteiger partial charge in [0.1, 0.15) is 23.5 Å². The zero-order chi connectivity index (χ0) is 26.1. The minimum atomic E-state index is -0.00568. The Kier molecular flexibility index (Phi) is 6.74. The molecule has 5 rings (SSSR count). The van der Waals surface area contributed by atoms with E-state index in [2.05, 4.69) is 42.5 Å². The van der Waals surface area contributed by atoms with Crippen LogP contribution in [0.3, 0.4) is 0 Å². The molecule has 0 spiro atoms. The normalized spacial score (nSPS) is 11.0. The molecule has 1 amide bonds. The van der Waals surface area contributed by atoms with Crippen LogP contribution in [0.1, 0.15) is 12.6 Å². The van der Waals surface area contributed by atoms with Gasteiger partial charge in [0, 0.05) is 37.1 Å². The highest BCUT2D eigenvalue weighted by Gasteiger charge is 2.22. The highest BCUT2D eigenvalue weighted by molar-refractivity contribution is 14.1. The van der Waals surface area contributed by atoms with Gasteiger partial charge in [0.05, 0.1) is 15.6 Å². The third-order valence-electron chi connectivity index (χ3n) is 6.07. The van der Waals surface area contributed by atoms with Gasteiger partial charge >= 0.3 is 6.01 Å². The zero-order valence-corrected chi connectivity index (χ0v) is 22.7. The van der Waals surface area contributed by atoms with Gasteiger partial charge in [-0.05, 0) is 48.4 Å². The number of ether oxygens (including phenoxy) is 1. The molecule has 3 heterocycles. The second-order valence-corrected chi connectivity index (χ2v) is 9.14. The van der Waals surface area contributed by atoms with E-state index in [9.17, 15) is 4.79 Å². The monoisotopic (exact) mass is 605 g/mol. The summed E-state index contributed by atoms with van der Waals surface area (Å²) in [6.07, 6.45) is 3.14. The molecule has 0 atom stereocenters. The largest absolute Gasteiger partial charge is 0.424 e. The van der Waals surface area contributed by atoms with E-state index in [1.54, 1.807) is 18.0 Å². The van der Waals surface area contributed by atoms with Gasteiger partial charge in [-0.3, -0.25) is 4.79 Å². The van der Waals surface area contributed by atoms with Gasteiger partial charge in [-0.25, -0.2) is 19.9 Å². The number of carbonyl (C=O) groups is 1. The van der Waals surface area contributed by atoms with Crippen molar-refractivity contribution in [1.29, 1.82) is 0 Å². The van der Waals surface area contributed by atoms with Gasteiger partial charge < -0.3 is 19.9 Å². The molecule has 186 valence electrons. The molecule has 2 aromatic carbocycles. The number of nitrogens with zero attached hydrogens (tertiary/aromatic N) is 6. The van der Waals surface area contributed by atoms with Gasteiger partial charge in [-0.1, -0.05) is 46.9 Å². The number of hydrogen-bond donors (Lipinski definition) is 1. The number of anilines is 2. The Morgan fingerprint density at radius 2 is 1.73 bits per heavy atom. The SMILES string of the molecule is CC(=O)N(CI)c1ccc(-c2c(-c3ccc(Oc4nccc(C)n4)cc3)c3c(N)ncnc3n2C)cc1. The summed E-state index contributed by atoms with van der Waals surface area (Å²) in [5.41, 5.74) is 12.5. The molecule has 5 aromatic rings. The summed E-state index contributed by atoms with van der Waals surface area (Å²) in [4.78, 5) is 31.0. The van der Waals surface area contributed by atoms with Crippen LogP contribution >= 0.6 is 22.6 Å². The van der Waals surface area contributed by atoms with E-state index in [1.807, 2.05) is 73.1 Å². The fraction of sp³-hybridized carbons (Fsp3) is 0.148. The number of alkyl halides is 1.